The molecule has 32 heavy (non-hydrogen) atoms. The van der Waals surface area contributed by atoms with Gasteiger partial charge in [-0.1, -0.05) is 61.7 Å². The number of amides is 2. The van der Waals surface area contributed by atoms with Gasteiger partial charge in [-0.05, 0) is 55.9 Å². The van der Waals surface area contributed by atoms with Crippen LogP contribution in [0.15, 0.2) is 48.5 Å². The Kier molecular flexibility index (Phi) is 8.72. The minimum atomic E-state index is -0.479. The minimum absolute atomic E-state index is 0.00168. The summed E-state index contributed by atoms with van der Waals surface area (Å²) in [4.78, 5) is 28.3. The molecule has 5 nitrogen and oxygen atoms in total. The monoisotopic (exact) mass is 436 g/mol. The Bertz CT molecular complexity index is 888. The van der Waals surface area contributed by atoms with Crippen LogP contribution >= 0.6 is 0 Å². The first kappa shape index (κ1) is 23.8. The first-order chi connectivity index (χ1) is 15.5. The molecule has 1 atom stereocenters. The normalized spacial score (nSPS) is 14.7. The van der Waals surface area contributed by atoms with Gasteiger partial charge in [0.1, 0.15) is 11.8 Å². The second-order valence-electron chi connectivity index (χ2n) is 8.77. The Balaban J connectivity index is 1.76. The highest BCUT2D eigenvalue weighted by Crippen LogP contribution is 2.21. The summed E-state index contributed by atoms with van der Waals surface area (Å²) in [6.07, 6.45) is 5.99. The van der Waals surface area contributed by atoms with E-state index in [1.54, 1.807) is 12.0 Å². The number of benzene rings is 2. The third-order valence-corrected chi connectivity index (χ3v) is 6.32. The lowest BCUT2D eigenvalue weighted by Gasteiger charge is -2.31. The number of nitrogens with zero attached hydrogens (tertiary/aromatic N) is 1. The van der Waals surface area contributed by atoms with E-state index in [9.17, 15) is 9.59 Å². The Labute approximate surface area is 192 Å². The highest BCUT2D eigenvalue weighted by Gasteiger charge is 2.30. The van der Waals surface area contributed by atoms with E-state index in [1.807, 2.05) is 31.2 Å². The van der Waals surface area contributed by atoms with E-state index in [0.717, 1.165) is 42.6 Å². The van der Waals surface area contributed by atoms with E-state index in [0.29, 0.717) is 25.8 Å². The molecule has 2 aromatic carbocycles. The van der Waals surface area contributed by atoms with Crippen molar-refractivity contribution in [2.24, 2.45) is 0 Å². The molecule has 0 spiro atoms. The van der Waals surface area contributed by atoms with E-state index in [1.165, 1.54) is 5.56 Å². The molecule has 0 aromatic heterocycles. The number of hydrogen-bond acceptors (Lipinski definition) is 3. The number of carbonyl (C=O) groups excluding carboxylic acids is 2. The molecule has 0 heterocycles. The van der Waals surface area contributed by atoms with E-state index in [-0.39, 0.29) is 17.9 Å². The van der Waals surface area contributed by atoms with Gasteiger partial charge in [-0.3, -0.25) is 9.59 Å². The SMILES string of the molecule is CC[C@H](C(=O)NC1CCCC1)N(Cc1cccc(OC)c1)C(=O)CCc1ccc(C)cc1. The minimum Gasteiger partial charge on any atom is -0.497 e. The molecule has 2 aromatic rings. The second-order valence-corrected chi connectivity index (χ2v) is 8.77. The molecule has 2 amide bonds. The maximum atomic E-state index is 13.4. The van der Waals surface area contributed by atoms with Crippen molar-refractivity contribution in [3.63, 3.8) is 0 Å². The van der Waals surface area contributed by atoms with Crippen LogP contribution < -0.4 is 10.1 Å². The van der Waals surface area contributed by atoms with Gasteiger partial charge in [0.15, 0.2) is 0 Å². The number of hydrogen-bond donors (Lipinski definition) is 1. The molecule has 0 aliphatic heterocycles. The Hall–Kier alpha value is -2.82. The number of methoxy groups -OCH3 is 1. The Morgan fingerprint density at radius 1 is 1.09 bits per heavy atom. The van der Waals surface area contributed by atoms with E-state index >= 15 is 0 Å². The zero-order valence-corrected chi connectivity index (χ0v) is 19.6. The maximum absolute atomic E-state index is 13.4. The molecular formula is C27H36N2O3. The van der Waals surface area contributed by atoms with Crippen LogP contribution in [-0.2, 0) is 22.6 Å². The highest BCUT2D eigenvalue weighted by atomic mass is 16.5. The molecule has 1 saturated carbocycles. The topological polar surface area (TPSA) is 58.6 Å². The molecular weight excluding hydrogens is 400 g/mol. The summed E-state index contributed by atoms with van der Waals surface area (Å²) >= 11 is 0. The lowest BCUT2D eigenvalue weighted by atomic mass is 10.0. The lowest BCUT2D eigenvalue weighted by molar-refractivity contribution is -0.141. The Morgan fingerprint density at radius 3 is 2.47 bits per heavy atom. The van der Waals surface area contributed by atoms with Crippen LogP contribution in [0.1, 0.15) is 62.1 Å². The highest BCUT2D eigenvalue weighted by molar-refractivity contribution is 5.88. The summed E-state index contributed by atoms with van der Waals surface area (Å²) in [6, 6.07) is 15.7. The molecule has 1 fully saturated rings. The van der Waals surface area contributed by atoms with Crippen molar-refractivity contribution in [2.45, 2.75) is 77.4 Å². The molecule has 0 radical (unpaired) electrons. The Morgan fingerprint density at radius 2 is 1.81 bits per heavy atom. The molecule has 0 unspecified atom stereocenters. The first-order valence-electron chi connectivity index (χ1n) is 11.8. The average Bonchev–Trinajstić information content (AvgIpc) is 3.31. The molecule has 5 heteroatoms. The largest absolute Gasteiger partial charge is 0.497 e. The number of carbonyl (C=O) groups is 2. The molecule has 3 rings (SSSR count). The second kappa shape index (κ2) is 11.7. The van der Waals surface area contributed by atoms with Gasteiger partial charge in [0.05, 0.1) is 7.11 Å². The fraction of sp³-hybridized carbons (Fsp3) is 0.481. The van der Waals surface area contributed by atoms with E-state index in [2.05, 4.69) is 36.5 Å². The van der Waals surface area contributed by atoms with Crippen LogP contribution in [0.3, 0.4) is 0 Å². The van der Waals surface area contributed by atoms with Crippen LogP contribution in [0.4, 0.5) is 0 Å². The van der Waals surface area contributed by atoms with Crippen molar-refractivity contribution < 1.29 is 14.3 Å². The van der Waals surface area contributed by atoms with Gasteiger partial charge in [-0.15, -0.1) is 0 Å². The third-order valence-electron chi connectivity index (χ3n) is 6.32. The first-order valence-corrected chi connectivity index (χ1v) is 11.8. The van der Waals surface area contributed by atoms with Crippen molar-refractivity contribution >= 4 is 11.8 Å². The predicted molar refractivity (Wildman–Crippen MR) is 128 cm³/mol. The zero-order valence-electron chi connectivity index (χ0n) is 19.6. The molecule has 1 aliphatic carbocycles. The summed E-state index contributed by atoms with van der Waals surface area (Å²) in [5, 5.41) is 3.20. The fourth-order valence-corrected chi connectivity index (χ4v) is 4.40. The molecule has 172 valence electrons. The van der Waals surface area contributed by atoms with Crippen LogP contribution in [0.2, 0.25) is 0 Å². The van der Waals surface area contributed by atoms with Gasteiger partial charge in [0.2, 0.25) is 11.8 Å². The van der Waals surface area contributed by atoms with Gasteiger partial charge < -0.3 is 15.0 Å². The van der Waals surface area contributed by atoms with Gasteiger partial charge in [0.25, 0.3) is 0 Å². The standard InChI is InChI=1S/C27H36N2O3/c1-4-25(27(31)28-23-9-5-6-10-23)29(19-22-8-7-11-24(18-22)32-3)26(30)17-16-21-14-12-20(2)13-15-21/h7-8,11-15,18,23,25H,4-6,9-10,16-17,19H2,1-3H3,(H,28,31)/t25-/m1/s1. The number of aryl methyl sites for hydroxylation is 2. The number of ether oxygens (including phenoxy) is 1. The number of rotatable bonds is 10. The summed E-state index contributed by atoms with van der Waals surface area (Å²) in [7, 11) is 1.63. The van der Waals surface area contributed by atoms with Crippen molar-refractivity contribution in [3.05, 3.63) is 65.2 Å². The number of nitrogens with one attached hydrogen (secondary N) is 1. The van der Waals surface area contributed by atoms with Crippen LogP contribution in [-0.4, -0.2) is 35.9 Å². The van der Waals surface area contributed by atoms with Gasteiger partial charge in [-0.2, -0.15) is 0 Å². The molecule has 0 bridgehead atoms. The smallest absolute Gasteiger partial charge is 0.243 e. The van der Waals surface area contributed by atoms with Gasteiger partial charge in [0, 0.05) is 19.0 Å². The summed E-state index contributed by atoms with van der Waals surface area (Å²) in [5.74, 6) is 0.714. The van der Waals surface area contributed by atoms with Gasteiger partial charge >= 0.3 is 0 Å². The van der Waals surface area contributed by atoms with Crippen molar-refractivity contribution in [2.75, 3.05) is 7.11 Å². The van der Waals surface area contributed by atoms with E-state index < -0.39 is 6.04 Å². The maximum Gasteiger partial charge on any atom is 0.243 e. The van der Waals surface area contributed by atoms with Crippen molar-refractivity contribution in [1.82, 2.24) is 10.2 Å². The molecule has 1 aliphatic rings. The van der Waals surface area contributed by atoms with E-state index in [4.69, 9.17) is 4.74 Å². The summed E-state index contributed by atoms with van der Waals surface area (Å²) in [6.45, 7) is 4.42. The predicted octanol–water partition coefficient (Wildman–Crippen LogP) is 4.80. The van der Waals surface area contributed by atoms with Crippen LogP contribution in [0, 0.1) is 6.92 Å². The summed E-state index contributed by atoms with van der Waals surface area (Å²) in [5.41, 5.74) is 3.29. The average molecular weight is 437 g/mol. The van der Waals surface area contributed by atoms with Crippen LogP contribution in [0.5, 0.6) is 5.75 Å². The van der Waals surface area contributed by atoms with Crippen molar-refractivity contribution in [3.8, 4) is 5.75 Å². The zero-order chi connectivity index (χ0) is 22.9. The van der Waals surface area contributed by atoms with Crippen molar-refractivity contribution in [1.29, 1.82) is 0 Å². The van der Waals surface area contributed by atoms with Crippen LogP contribution in [0.25, 0.3) is 0 Å². The van der Waals surface area contributed by atoms with Gasteiger partial charge in [-0.25, -0.2) is 0 Å². The fourth-order valence-electron chi connectivity index (χ4n) is 4.40. The quantitative estimate of drug-likeness (QED) is 0.582. The molecule has 1 N–H and O–H groups in total. The lowest BCUT2D eigenvalue weighted by Crippen LogP contribution is -2.51. The summed E-state index contributed by atoms with van der Waals surface area (Å²) < 4.78 is 5.35. The molecule has 0 saturated heterocycles. The third kappa shape index (κ3) is 6.59.